The van der Waals surface area contributed by atoms with E-state index in [0.717, 1.165) is 24.5 Å². The molecule has 1 heterocycles. The lowest BCUT2D eigenvalue weighted by Gasteiger charge is -2.11. The predicted molar refractivity (Wildman–Crippen MR) is 79.3 cm³/mol. The van der Waals surface area contributed by atoms with E-state index < -0.39 is 0 Å². The highest BCUT2D eigenvalue weighted by Gasteiger charge is 2.05. The number of pyridine rings is 1. The molecular weight excluding hydrogens is 257 g/mol. The molecule has 106 valence electrons. The number of rotatable bonds is 6. The molecule has 1 aromatic heterocycles. The van der Waals surface area contributed by atoms with Crippen LogP contribution in [-0.2, 0) is 0 Å². The molecule has 0 radical (unpaired) electrons. The van der Waals surface area contributed by atoms with Gasteiger partial charge in [0.2, 0.25) is 0 Å². The Hall–Kier alpha value is -2.30. The van der Waals surface area contributed by atoms with Crippen LogP contribution in [0.25, 0.3) is 0 Å². The third-order valence-electron chi connectivity index (χ3n) is 2.77. The minimum absolute atomic E-state index is 0.328. The molecule has 2 aromatic rings. The molecule has 0 aliphatic heterocycles. The van der Waals surface area contributed by atoms with Crippen LogP contribution in [0.5, 0.6) is 5.75 Å². The van der Waals surface area contributed by atoms with Crippen LogP contribution in [0.15, 0.2) is 36.5 Å². The number of ether oxygens (including phenoxy) is 1. The maximum absolute atomic E-state index is 13.7. The van der Waals surface area contributed by atoms with E-state index in [1.165, 1.54) is 6.07 Å². The quantitative estimate of drug-likeness (QED) is 0.842. The Morgan fingerprint density at radius 2 is 2.10 bits per heavy atom. The molecule has 5 heteroatoms. The molecule has 20 heavy (non-hydrogen) atoms. The standard InChI is InChI=1S/C15H18FN3O/c1-3-7-17-15-9-11(6-8-18-15)19-14-10-12(20-2)4-5-13(14)16/h4-6,8-10H,3,7H2,1-2H3,(H2,17,18,19). The van der Waals surface area contributed by atoms with Crippen LogP contribution < -0.4 is 15.4 Å². The smallest absolute Gasteiger partial charge is 0.146 e. The Balaban J connectivity index is 2.17. The monoisotopic (exact) mass is 275 g/mol. The van der Waals surface area contributed by atoms with Gasteiger partial charge in [-0.2, -0.15) is 0 Å². The number of nitrogens with one attached hydrogen (secondary N) is 2. The molecule has 0 unspecified atom stereocenters. The zero-order valence-corrected chi connectivity index (χ0v) is 11.6. The van der Waals surface area contributed by atoms with Gasteiger partial charge in [-0.1, -0.05) is 6.92 Å². The third-order valence-corrected chi connectivity index (χ3v) is 2.77. The first kappa shape index (κ1) is 14.1. The lowest BCUT2D eigenvalue weighted by Crippen LogP contribution is -2.02. The number of methoxy groups -OCH3 is 1. The van der Waals surface area contributed by atoms with Gasteiger partial charge in [0, 0.05) is 30.6 Å². The zero-order chi connectivity index (χ0) is 14.4. The first-order valence-electron chi connectivity index (χ1n) is 6.53. The number of aromatic nitrogens is 1. The van der Waals surface area contributed by atoms with Crippen molar-refractivity contribution >= 4 is 17.2 Å². The molecule has 1 aromatic carbocycles. The minimum atomic E-state index is -0.328. The largest absolute Gasteiger partial charge is 0.497 e. The van der Waals surface area contributed by atoms with Gasteiger partial charge in [0.25, 0.3) is 0 Å². The van der Waals surface area contributed by atoms with Crippen molar-refractivity contribution in [3.05, 3.63) is 42.3 Å². The highest BCUT2D eigenvalue weighted by Crippen LogP contribution is 2.25. The SMILES string of the molecule is CCCNc1cc(Nc2cc(OC)ccc2F)ccn1. The zero-order valence-electron chi connectivity index (χ0n) is 11.6. The summed E-state index contributed by atoms with van der Waals surface area (Å²) < 4.78 is 18.8. The van der Waals surface area contributed by atoms with E-state index in [1.54, 1.807) is 31.5 Å². The first-order chi connectivity index (χ1) is 9.72. The van der Waals surface area contributed by atoms with Crippen LogP contribution in [-0.4, -0.2) is 18.6 Å². The van der Waals surface area contributed by atoms with E-state index in [2.05, 4.69) is 22.5 Å². The Morgan fingerprint density at radius 1 is 1.25 bits per heavy atom. The molecule has 0 aliphatic carbocycles. The van der Waals surface area contributed by atoms with E-state index in [4.69, 9.17) is 4.74 Å². The average molecular weight is 275 g/mol. The summed E-state index contributed by atoms with van der Waals surface area (Å²) >= 11 is 0. The molecule has 0 aliphatic rings. The number of halogens is 1. The lowest BCUT2D eigenvalue weighted by molar-refractivity contribution is 0.414. The van der Waals surface area contributed by atoms with Gasteiger partial charge in [0.05, 0.1) is 12.8 Å². The van der Waals surface area contributed by atoms with Crippen molar-refractivity contribution in [1.82, 2.24) is 4.98 Å². The van der Waals surface area contributed by atoms with Gasteiger partial charge < -0.3 is 15.4 Å². The summed E-state index contributed by atoms with van der Waals surface area (Å²) in [6.45, 7) is 2.94. The molecule has 4 nitrogen and oxygen atoms in total. The fourth-order valence-electron chi connectivity index (χ4n) is 1.74. The molecule has 2 rings (SSSR count). The molecule has 0 spiro atoms. The number of nitrogens with zero attached hydrogens (tertiary/aromatic N) is 1. The van der Waals surface area contributed by atoms with Gasteiger partial charge in [-0.15, -0.1) is 0 Å². The van der Waals surface area contributed by atoms with Gasteiger partial charge in [0.15, 0.2) is 0 Å². The van der Waals surface area contributed by atoms with Gasteiger partial charge in [-0.05, 0) is 24.6 Å². The summed E-state index contributed by atoms with van der Waals surface area (Å²) in [5.41, 5.74) is 1.14. The molecule has 0 amide bonds. The number of hydrogen-bond acceptors (Lipinski definition) is 4. The van der Waals surface area contributed by atoms with Crippen LogP contribution in [0.1, 0.15) is 13.3 Å². The Morgan fingerprint density at radius 3 is 2.85 bits per heavy atom. The molecular formula is C15H18FN3O. The van der Waals surface area contributed by atoms with Crippen LogP contribution in [0.2, 0.25) is 0 Å². The Bertz CT molecular complexity index is 575. The Kier molecular flexibility index (Phi) is 4.76. The van der Waals surface area contributed by atoms with Gasteiger partial charge >= 0.3 is 0 Å². The highest BCUT2D eigenvalue weighted by atomic mass is 19.1. The van der Waals surface area contributed by atoms with Crippen LogP contribution in [0.3, 0.4) is 0 Å². The van der Waals surface area contributed by atoms with Crippen LogP contribution in [0, 0.1) is 5.82 Å². The molecule has 2 N–H and O–H groups in total. The minimum Gasteiger partial charge on any atom is -0.497 e. The predicted octanol–water partition coefficient (Wildman–Crippen LogP) is 3.79. The Labute approximate surface area is 118 Å². The molecule has 0 saturated carbocycles. The van der Waals surface area contributed by atoms with Crippen molar-refractivity contribution in [2.75, 3.05) is 24.3 Å². The van der Waals surface area contributed by atoms with Crippen LogP contribution in [0.4, 0.5) is 21.6 Å². The molecule has 0 saturated heterocycles. The van der Waals surface area contributed by atoms with Crippen molar-refractivity contribution < 1.29 is 9.13 Å². The normalized spacial score (nSPS) is 10.2. The summed E-state index contributed by atoms with van der Waals surface area (Å²) in [7, 11) is 1.55. The van der Waals surface area contributed by atoms with Gasteiger partial charge in [-0.3, -0.25) is 0 Å². The van der Waals surface area contributed by atoms with E-state index in [1.807, 2.05) is 6.07 Å². The maximum Gasteiger partial charge on any atom is 0.146 e. The second-order valence-electron chi connectivity index (χ2n) is 4.33. The maximum atomic E-state index is 13.7. The van der Waals surface area contributed by atoms with E-state index in [-0.39, 0.29) is 5.82 Å². The molecule has 0 atom stereocenters. The summed E-state index contributed by atoms with van der Waals surface area (Å²) in [4.78, 5) is 4.21. The second kappa shape index (κ2) is 6.75. The fourth-order valence-corrected chi connectivity index (χ4v) is 1.74. The van der Waals surface area contributed by atoms with E-state index in [0.29, 0.717) is 11.4 Å². The highest BCUT2D eigenvalue weighted by molar-refractivity contribution is 5.64. The topological polar surface area (TPSA) is 46.2 Å². The van der Waals surface area contributed by atoms with Gasteiger partial charge in [0.1, 0.15) is 17.4 Å². The van der Waals surface area contributed by atoms with Gasteiger partial charge in [-0.25, -0.2) is 9.37 Å². The van der Waals surface area contributed by atoms with Crippen molar-refractivity contribution in [3.63, 3.8) is 0 Å². The lowest BCUT2D eigenvalue weighted by atomic mass is 10.2. The molecule has 0 bridgehead atoms. The second-order valence-corrected chi connectivity index (χ2v) is 4.33. The van der Waals surface area contributed by atoms with E-state index >= 15 is 0 Å². The average Bonchev–Trinajstić information content (AvgIpc) is 2.48. The number of benzene rings is 1. The number of anilines is 3. The number of hydrogen-bond donors (Lipinski definition) is 2. The third kappa shape index (κ3) is 3.60. The fraction of sp³-hybridized carbons (Fsp3) is 0.267. The summed E-state index contributed by atoms with van der Waals surface area (Å²) in [6, 6.07) is 8.21. The first-order valence-corrected chi connectivity index (χ1v) is 6.53. The van der Waals surface area contributed by atoms with Crippen molar-refractivity contribution in [3.8, 4) is 5.75 Å². The summed E-state index contributed by atoms with van der Waals surface area (Å²) in [6.07, 6.45) is 2.70. The van der Waals surface area contributed by atoms with E-state index in [9.17, 15) is 4.39 Å². The van der Waals surface area contributed by atoms with Crippen molar-refractivity contribution in [2.45, 2.75) is 13.3 Å². The van der Waals surface area contributed by atoms with Crippen molar-refractivity contribution in [2.24, 2.45) is 0 Å². The summed E-state index contributed by atoms with van der Waals surface area (Å²) in [5, 5.41) is 6.22. The molecule has 0 fully saturated rings. The summed E-state index contributed by atoms with van der Waals surface area (Å²) in [5.74, 6) is 1.04. The van der Waals surface area contributed by atoms with Crippen molar-refractivity contribution in [1.29, 1.82) is 0 Å². The van der Waals surface area contributed by atoms with Crippen LogP contribution >= 0.6 is 0 Å².